The van der Waals surface area contributed by atoms with Crippen molar-refractivity contribution < 1.29 is 9.47 Å². The number of aromatic nitrogens is 1. The number of pyridine rings is 1. The third-order valence-corrected chi connectivity index (χ3v) is 6.31. The van der Waals surface area contributed by atoms with E-state index < -0.39 is 0 Å². The van der Waals surface area contributed by atoms with Gasteiger partial charge in [0.05, 0.1) is 0 Å². The summed E-state index contributed by atoms with van der Waals surface area (Å²) in [5, 5.41) is 3.74. The van der Waals surface area contributed by atoms with Gasteiger partial charge >= 0.3 is 0 Å². The molecule has 0 spiro atoms. The molecule has 4 rings (SSSR count). The molecule has 0 unspecified atom stereocenters. The molecule has 2 aliphatic rings. The predicted molar refractivity (Wildman–Crippen MR) is 115 cm³/mol. The van der Waals surface area contributed by atoms with E-state index in [0.717, 1.165) is 50.5 Å². The third kappa shape index (κ3) is 5.56. The van der Waals surface area contributed by atoms with E-state index in [1.807, 2.05) is 12.1 Å². The maximum Gasteiger partial charge on any atom is 0.119 e. The first-order chi connectivity index (χ1) is 14.3. The van der Waals surface area contributed by atoms with Gasteiger partial charge in [-0.3, -0.25) is 9.88 Å². The lowest BCUT2D eigenvalue weighted by Gasteiger charge is -2.48. The Morgan fingerprint density at radius 3 is 2.38 bits per heavy atom. The molecule has 3 heterocycles. The van der Waals surface area contributed by atoms with Gasteiger partial charge in [0, 0.05) is 44.2 Å². The summed E-state index contributed by atoms with van der Waals surface area (Å²) in [6.45, 7) is 6.76. The van der Waals surface area contributed by atoms with Crippen molar-refractivity contribution in [1.82, 2.24) is 15.2 Å². The highest BCUT2D eigenvalue weighted by Crippen LogP contribution is 2.30. The standard InChI is InChI=1S/C24H33N3O2/c1-2-14-27(15-3-1)24(10-16-28-17-11-24)20-26-18-21-4-6-23(7-5-21)29-19-22-8-12-25-13-9-22/h4-9,12-13,26H,1-3,10-11,14-20H2. The van der Waals surface area contributed by atoms with Crippen molar-refractivity contribution in [3.05, 3.63) is 59.9 Å². The van der Waals surface area contributed by atoms with E-state index in [-0.39, 0.29) is 5.54 Å². The van der Waals surface area contributed by atoms with Crippen LogP contribution in [0.15, 0.2) is 48.8 Å². The minimum Gasteiger partial charge on any atom is -0.489 e. The zero-order chi connectivity index (χ0) is 19.8. The fourth-order valence-corrected chi connectivity index (χ4v) is 4.51. The van der Waals surface area contributed by atoms with E-state index >= 15 is 0 Å². The number of ether oxygens (including phenoxy) is 2. The van der Waals surface area contributed by atoms with Crippen molar-refractivity contribution in [3.63, 3.8) is 0 Å². The van der Waals surface area contributed by atoms with Gasteiger partial charge in [-0.1, -0.05) is 18.6 Å². The lowest BCUT2D eigenvalue weighted by atomic mass is 9.86. The second-order valence-electron chi connectivity index (χ2n) is 8.28. The Bertz CT molecular complexity index is 724. The summed E-state index contributed by atoms with van der Waals surface area (Å²) in [5.41, 5.74) is 2.69. The van der Waals surface area contributed by atoms with Crippen molar-refractivity contribution in [2.24, 2.45) is 0 Å². The van der Waals surface area contributed by atoms with Crippen LogP contribution >= 0.6 is 0 Å². The molecule has 0 amide bonds. The molecule has 29 heavy (non-hydrogen) atoms. The maximum absolute atomic E-state index is 5.87. The lowest BCUT2D eigenvalue weighted by Crippen LogP contribution is -2.59. The summed E-state index contributed by atoms with van der Waals surface area (Å²) in [6, 6.07) is 12.4. The predicted octanol–water partition coefficient (Wildman–Crippen LogP) is 3.79. The van der Waals surface area contributed by atoms with Gasteiger partial charge in [0.1, 0.15) is 12.4 Å². The van der Waals surface area contributed by atoms with Gasteiger partial charge in [-0.2, -0.15) is 0 Å². The van der Waals surface area contributed by atoms with Crippen LogP contribution in [0.2, 0.25) is 0 Å². The van der Waals surface area contributed by atoms with Gasteiger partial charge in [-0.25, -0.2) is 0 Å². The van der Waals surface area contributed by atoms with Gasteiger partial charge in [0.25, 0.3) is 0 Å². The number of nitrogens with zero attached hydrogens (tertiary/aromatic N) is 2. The van der Waals surface area contributed by atoms with Gasteiger partial charge in [0.2, 0.25) is 0 Å². The number of hydrogen-bond acceptors (Lipinski definition) is 5. The molecule has 0 atom stereocenters. The molecule has 1 aromatic heterocycles. The second kappa shape index (κ2) is 10.2. The van der Waals surface area contributed by atoms with E-state index in [1.54, 1.807) is 12.4 Å². The summed E-state index contributed by atoms with van der Waals surface area (Å²) >= 11 is 0. The number of hydrogen-bond donors (Lipinski definition) is 1. The molecule has 2 fully saturated rings. The molecule has 156 valence electrons. The molecule has 0 radical (unpaired) electrons. The van der Waals surface area contributed by atoms with Crippen LogP contribution in [0.5, 0.6) is 5.75 Å². The Morgan fingerprint density at radius 2 is 1.66 bits per heavy atom. The van der Waals surface area contributed by atoms with Crippen LogP contribution < -0.4 is 10.1 Å². The van der Waals surface area contributed by atoms with Crippen molar-refractivity contribution >= 4 is 0 Å². The van der Waals surface area contributed by atoms with E-state index in [4.69, 9.17) is 9.47 Å². The van der Waals surface area contributed by atoms with Crippen LogP contribution in [0.3, 0.4) is 0 Å². The topological polar surface area (TPSA) is 46.6 Å². The molecular weight excluding hydrogens is 362 g/mol. The largest absolute Gasteiger partial charge is 0.489 e. The molecule has 1 aromatic carbocycles. The minimum absolute atomic E-state index is 0.270. The molecule has 0 bridgehead atoms. The molecule has 5 nitrogen and oxygen atoms in total. The first-order valence-electron chi connectivity index (χ1n) is 11.0. The summed E-state index contributed by atoms with van der Waals surface area (Å²) in [7, 11) is 0. The van der Waals surface area contributed by atoms with Gasteiger partial charge in [-0.05, 0) is 74.2 Å². The van der Waals surface area contributed by atoms with Crippen molar-refractivity contribution in [3.8, 4) is 5.75 Å². The average molecular weight is 396 g/mol. The first-order valence-corrected chi connectivity index (χ1v) is 11.0. The summed E-state index contributed by atoms with van der Waals surface area (Å²) in [5.74, 6) is 0.903. The monoisotopic (exact) mass is 395 g/mol. The number of likely N-dealkylation sites (tertiary alicyclic amines) is 1. The Hall–Kier alpha value is -1.95. The van der Waals surface area contributed by atoms with Crippen molar-refractivity contribution in [2.75, 3.05) is 32.8 Å². The molecule has 2 aliphatic heterocycles. The van der Waals surface area contributed by atoms with Crippen LogP contribution in [-0.2, 0) is 17.9 Å². The molecule has 2 aromatic rings. The zero-order valence-corrected chi connectivity index (χ0v) is 17.3. The van der Waals surface area contributed by atoms with Gasteiger partial charge in [-0.15, -0.1) is 0 Å². The van der Waals surface area contributed by atoms with Gasteiger partial charge < -0.3 is 14.8 Å². The normalized spacial score (nSPS) is 19.7. The number of nitrogens with one attached hydrogen (secondary N) is 1. The number of rotatable bonds is 8. The minimum atomic E-state index is 0.270. The summed E-state index contributed by atoms with van der Waals surface area (Å²) in [6.07, 6.45) is 9.92. The van der Waals surface area contributed by atoms with E-state index in [9.17, 15) is 0 Å². The molecular formula is C24H33N3O2. The Kier molecular flexibility index (Phi) is 7.14. The van der Waals surface area contributed by atoms with E-state index in [0.29, 0.717) is 6.61 Å². The highest BCUT2D eigenvalue weighted by Gasteiger charge is 2.38. The quantitative estimate of drug-likeness (QED) is 0.737. The molecule has 2 saturated heterocycles. The molecule has 1 N–H and O–H groups in total. The summed E-state index contributed by atoms with van der Waals surface area (Å²) in [4.78, 5) is 6.77. The maximum atomic E-state index is 5.87. The highest BCUT2D eigenvalue weighted by molar-refractivity contribution is 5.27. The molecule has 0 saturated carbocycles. The Balaban J connectivity index is 1.27. The smallest absolute Gasteiger partial charge is 0.119 e. The Labute approximate surface area is 174 Å². The zero-order valence-electron chi connectivity index (χ0n) is 17.3. The highest BCUT2D eigenvalue weighted by atomic mass is 16.5. The molecule has 5 heteroatoms. The summed E-state index contributed by atoms with van der Waals surface area (Å²) < 4.78 is 11.5. The van der Waals surface area contributed by atoms with Crippen LogP contribution in [-0.4, -0.2) is 48.3 Å². The number of piperidine rings is 1. The number of benzene rings is 1. The average Bonchev–Trinajstić information content (AvgIpc) is 2.80. The fourth-order valence-electron chi connectivity index (χ4n) is 4.51. The second-order valence-corrected chi connectivity index (χ2v) is 8.28. The van der Waals surface area contributed by atoms with Crippen molar-refractivity contribution in [2.45, 2.75) is 50.8 Å². The van der Waals surface area contributed by atoms with Crippen LogP contribution in [0, 0.1) is 0 Å². The van der Waals surface area contributed by atoms with E-state index in [1.165, 1.54) is 37.9 Å². The first kappa shape index (κ1) is 20.3. The Morgan fingerprint density at radius 1 is 0.931 bits per heavy atom. The lowest BCUT2D eigenvalue weighted by molar-refractivity contribution is -0.0358. The fraction of sp³-hybridized carbons (Fsp3) is 0.542. The third-order valence-electron chi connectivity index (χ3n) is 6.31. The van der Waals surface area contributed by atoms with Crippen LogP contribution in [0.1, 0.15) is 43.2 Å². The van der Waals surface area contributed by atoms with Crippen molar-refractivity contribution in [1.29, 1.82) is 0 Å². The van der Waals surface area contributed by atoms with Gasteiger partial charge in [0.15, 0.2) is 0 Å². The molecule has 0 aliphatic carbocycles. The van der Waals surface area contributed by atoms with Crippen LogP contribution in [0.25, 0.3) is 0 Å². The SMILES string of the molecule is c1cc(COc2ccc(CNCC3(N4CCCCC4)CCOCC3)cc2)ccn1. The van der Waals surface area contributed by atoms with E-state index in [2.05, 4.69) is 39.5 Å². The van der Waals surface area contributed by atoms with Crippen LogP contribution in [0.4, 0.5) is 0 Å².